The monoisotopic (exact) mass is 398 g/mol. The average Bonchev–Trinajstić information content (AvgIpc) is 2.36. The molecule has 0 fully saturated rings. The minimum absolute atomic E-state index is 0.159. The van der Waals surface area contributed by atoms with E-state index in [0.717, 1.165) is 20.1 Å². The van der Waals surface area contributed by atoms with E-state index in [2.05, 4.69) is 31.9 Å². The Bertz CT molecular complexity index is 654. The maximum absolute atomic E-state index is 11.3. The van der Waals surface area contributed by atoms with Gasteiger partial charge in [0, 0.05) is 8.95 Å². The lowest BCUT2D eigenvalue weighted by molar-refractivity contribution is 0.0691. The molecule has 0 atom stereocenters. The molecule has 104 valence electrons. The van der Waals surface area contributed by atoms with Crippen LogP contribution in [0.3, 0.4) is 0 Å². The molecule has 0 unspecified atom stereocenters. The number of aryl methyl sites for hydroxylation is 1. The number of ether oxygens (including phenoxy) is 1. The summed E-state index contributed by atoms with van der Waals surface area (Å²) in [5, 5.41) is 9.25. The van der Waals surface area contributed by atoms with E-state index in [1.807, 2.05) is 37.3 Å². The fourth-order valence-electron chi connectivity index (χ4n) is 1.86. The van der Waals surface area contributed by atoms with Gasteiger partial charge in [-0.05, 0) is 42.3 Å². The number of aromatic carboxylic acids is 1. The topological polar surface area (TPSA) is 46.5 Å². The van der Waals surface area contributed by atoms with Crippen LogP contribution in [0.1, 0.15) is 21.5 Å². The van der Waals surface area contributed by atoms with E-state index in [4.69, 9.17) is 4.74 Å². The van der Waals surface area contributed by atoms with Gasteiger partial charge in [-0.25, -0.2) is 4.79 Å². The number of carbonyl (C=O) groups is 1. The van der Waals surface area contributed by atoms with Crippen LogP contribution in [0.25, 0.3) is 0 Å². The van der Waals surface area contributed by atoms with Crippen LogP contribution in [0.2, 0.25) is 0 Å². The van der Waals surface area contributed by atoms with Gasteiger partial charge in [0.2, 0.25) is 0 Å². The molecular weight excluding hydrogens is 388 g/mol. The number of halogens is 2. The van der Waals surface area contributed by atoms with Crippen LogP contribution in [0.5, 0.6) is 5.75 Å². The molecule has 0 aliphatic heterocycles. The zero-order valence-electron chi connectivity index (χ0n) is 10.7. The minimum Gasteiger partial charge on any atom is -0.488 e. The molecule has 0 radical (unpaired) electrons. The molecule has 0 saturated carbocycles. The molecule has 0 aliphatic carbocycles. The second-order valence-corrected chi connectivity index (χ2v) is 6.15. The van der Waals surface area contributed by atoms with Crippen molar-refractivity contribution in [1.29, 1.82) is 0 Å². The molecule has 3 nitrogen and oxygen atoms in total. The summed E-state index contributed by atoms with van der Waals surface area (Å²) in [5.41, 5.74) is 1.91. The second kappa shape index (κ2) is 6.41. The molecular formula is C15H12Br2O3. The van der Waals surface area contributed by atoms with Gasteiger partial charge in [-0.3, -0.25) is 0 Å². The number of hydrogen-bond donors (Lipinski definition) is 1. The largest absolute Gasteiger partial charge is 0.488 e. The van der Waals surface area contributed by atoms with Crippen LogP contribution in [0, 0.1) is 6.92 Å². The fraction of sp³-hybridized carbons (Fsp3) is 0.133. The maximum Gasteiger partial charge on any atom is 0.339 e. The van der Waals surface area contributed by atoms with Crippen LogP contribution in [0.4, 0.5) is 0 Å². The van der Waals surface area contributed by atoms with Crippen LogP contribution >= 0.6 is 31.9 Å². The van der Waals surface area contributed by atoms with Crippen molar-refractivity contribution in [3.05, 3.63) is 62.0 Å². The summed E-state index contributed by atoms with van der Waals surface area (Å²) in [6.07, 6.45) is 0. The van der Waals surface area contributed by atoms with Crippen molar-refractivity contribution in [2.75, 3.05) is 0 Å². The Morgan fingerprint density at radius 2 is 1.95 bits per heavy atom. The van der Waals surface area contributed by atoms with Gasteiger partial charge in [-0.2, -0.15) is 0 Å². The molecule has 5 heteroatoms. The molecule has 0 heterocycles. The number of carboxylic acid groups (broad SMARTS) is 1. The molecule has 2 rings (SSSR count). The third kappa shape index (κ3) is 3.61. The van der Waals surface area contributed by atoms with Crippen molar-refractivity contribution in [2.45, 2.75) is 13.5 Å². The highest BCUT2D eigenvalue weighted by atomic mass is 79.9. The Kier molecular flexibility index (Phi) is 4.83. The van der Waals surface area contributed by atoms with E-state index < -0.39 is 5.97 Å². The molecule has 2 aromatic rings. The quantitative estimate of drug-likeness (QED) is 0.803. The average molecular weight is 400 g/mol. The fourth-order valence-corrected chi connectivity index (χ4v) is 2.88. The van der Waals surface area contributed by atoms with E-state index in [-0.39, 0.29) is 5.56 Å². The van der Waals surface area contributed by atoms with Crippen LogP contribution in [-0.4, -0.2) is 11.1 Å². The van der Waals surface area contributed by atoms with Crippen molar-refractivity contribution in [3.63, 3.8) is 0 Å². The summed E-state index contributed by atoms with van der Waals surface area (Å²) in [7, 11) is 0. The molecule has 0 aromatic heterocycles. The third-order valence-corrected chi connectivity index (χ3v) is 3.69. The van der Waals surface area contributed by atoms with Crippen LogP contribution < -0.4 is 4.74 Å². The summed E-state index contributed by atoms with van der Waals surface area (Å²) in [5.74, 6) is -0.598. The van der Waals surface area contributed by atoms with Crippen molar-refractivity contribution < 1.29 is 14.6 Å². The van der Waals surface area contributed by atoms with Crippen molar-refractivity contribution in [3.8, 4) is 5.75 Å². The lowest BCUT2D eigenvalue weighted by Gasteiger charge is -2.13. The van der Waals surface area contributed by atoms with E-state index in [1.54, 1.807) is 6.07 Å². The number of carboxylic acids is 1. The van der Waals surface area contributed by atoms with Gasteiger partial charge in [-0.1, -0.05) is 44.0 Å². The Balaban J connectivity index is 2.27. The first-order valence-corrected chi connectivity index (χ1v) is 7.46. The number of hydrogen-bond acceptors (Lipinski definition) is 2. The Labute approximate surface area is 133 Å². The predicted octanol–water partition coefficient (Wildman–Crippen LogP) is 4.80. The normalized spacial score (nSPS) is 10.3. The van der Waals surface area contributed by atoms with Gasteiger partial charge < -0.3 is 9.84 Å². The zero-order valence-corrected chi connectivity index (χ0v) is 13.9. The summed E-state index contributed by atoms with van der Waals surface area (Å²) in [6, 6.07) is 11.1. The van der Waals surface area contributed by atoms with Gasteiger partial charge in [0.1, 0.15) is 17.9 Å². The van der Waals surface area contributed by atoms with E-state index in [1.165, 1.54) is 0 Å². The molecule has 0 amide bonds. The van der Waals surface area contributed by atoms with E-state index in [0.29, 0.717) is 12.4 Å². The molecule has 0 saturated heterocycles. The smallest absolute Gasteiger partial charge is 0.339 e. The van der Waals surface area contributed by atoms with Crippen molar-refractivity contribution in [1.82, 2.24) is 0 Å². The van der Waals surface area contributed by atoms with Crippen molar-refractivity contribution >= 4 is 37.8 Å². The molecule has 0 bridgehead atoms. The number of rotatable bonds is 4. The Morgan fingerprint density at radius 3 is 2.60 bits per heavy atom. The standard InChI is InChI=1S/C15H12Br2O3/c1-9-5-12(17)7-13(15(18)19)14(9)20-8-10-3-2-4-11(16)6-10/h2-7H,8H2,1H3,(H,18,19). The van der Waals surface area contributed by atoms with Gasteiger partial charge in [0.15, 0.2) is 0 Å². The van der Waals surface area contributed by atoms with Crippen LogP contribution in [0.15, 0.2) is 45.3 Å². The highest BCUT2D eigenvalue weighted by Crippen LogP contribution is 2.29. The molecule has 20 heavy (non-hydrogen) atoms. The molecule has 1 N–H and O–H groups in total. The van der Waals surface area contributed by atoms with Gasteiger partial charge in [0.05, 0.1) is 0 Å². The van der Waals surface area contributed by atoms with Gasteiger partial charge in [0.25, 0.3) is 0 Å². The minimum atomic E-state index is -1.00. The lowest BCUT2D eigenvalue weighted by atomic mass is 10.1. The van der Waals surface area contributed by atoms with Gasteiger partial charge in [-0.15, -0.1) is 0 Å². The first-order valence-electron chi connectivity index (χ1n) is 5.88. The Hall–Kier alpha value is -1.33. The number of benzene rings is 2. The first kappa shape index (κ1) is 15.1. The van der Waals surface area contributed by atoms with E-state index >= 15 is 0 Å². The highest BCUT2D eigenvalue weighted by Gasteiger charge is 2.15. The second-order valence-electron chi connectivity index (χ2n) is 4.32. The molecule has 2 aromatic carbocycles. The summed E-state index contributed by atoms with van der Waals surface area (Å²) >= 11 is 6.69. The highest BCUT2D eigenvalue weighted by molar-refractivity contribution is 9.10. The van der Waals surface area contributed by atoms with Crippen molar-refractivity contribution in [2.24, 2.45) is 0 Å². The third-order valence-electron chi connectivity index (χ3n) is 2.74. The van der Waals surface area contributed by atoms with E-state index in [9.17, 15) is 9.90 Å². The zero-order chi connectivity index (χ0) is 14.7. The molecule has 0 aliphatic rings. The summed E-state index contributed by atoms with van der Waals surface area (Å²) in [6.45, 7) is 2.15. The SMILES string of the molecule is Cc1cc(Br)cc(C(=O)O)c1OCc1cccc(Br)c1. The predicted molar refractivity (Wildman–Crippen MR) is 84.3 cm³/mol. The lowest BCUT2D eigenvalue weighted by Crippen LogP contribution is -2.05. The first-order chi connectivity index (χ1) is 9.47. The summed E-state index contributed by atoms with van der Waals surface area (Å²) in [4.78, 5) is 11.3. The Morgan fingerprint density at radius 1 is 1.20 bits per heavy atom. The molecule has 0 spiro atoms. The van der Waals surface area contributed by atoms with Crippen LogP contribution in [-0.2, 0) is 6.61 Å². The summed E-state index contributed by atoms with van der Waals surface area (Å²) < 4.78 is 7.39. The maximum atomic E-state index is 11.3. The van der Waals surface area contributed by atoms with Gasteiger partial charge >= 0.3 is 5.97 Å².